The van der Waals surface area contributed by atoms with Gasteiger partial charge in [-0.15, -0.1) is 0 Å². The predicted octanol–water partition coefficient (Wildman–Crippen LogP) is 2.24. The fourth-order valence-electron chi connectivity index (χ4n) is 2.64. The average Bonchev–Trinajstić information content (AvgIpc) is 2.61. The van der Waals surface area contributed by atoms with Crippen molar-refractivity contribution in [2.75, 3.05) is 39.9 Å². The van der Waals surface area contributed by atoms with E-state index in [-0.39, 0.29) is 5.91 Å². The number of carbonyl (C=O) groups is 1. The number of hydrogen-bond acceptors (Lipinski definition) is 4. The molecule has 0 aliphatic carbocycles. The fourth-order valence-corrected chi connectivity index (χ4v) is 2.64. The van der Waals surface area contributed by atoms with Crippen LogP contribution in [0.15, 0.2) is 18.2 Å². The van der Waals surface area contributed by atoms with Crippen molar-refractivity contribution >= 4 is 5.91 Å². The highest BCUT2D eigenvalue weighted by Gasteiger charge is 2.16. The molecule has 1 amide bonds. The summed E-state index contributed by atoms with van der Waals surface area (Å²) >= 11 is 0. The van der Waals surface area contributed by atoms with E-state index < -0.39 is 0 Å². The Kier molecular flexibility index (Phi) is 7.20. The number of rotatable bonds is 8. The summed E-state index contributed by atoms with van der Waals surface area (Å²) in [5, 5.41) is 3.26. The van der Waals surface area contributed by atoms with Crippen molar-refractivity contribution in [2.45, 2.75) is 32.6 Å². The summed E-state index contributed by atoms with van der Waals surface area (Å²) in [4.78, 5) is 14.2. The molecule has 0 radical (unpaired) electrons. The molecule has 1 N–H and O–H groups in total. The van der Waals surface area contributed by atoms with Gasteiger partial charge in [0.05, 0.1) is 13.7 Å². The van der Waals surface area contributed by atoms with Gasteiger partial charge in [-0.05, 0) is 30.5 Å². The van der Waals surface area contributed by atoms with Crippen molar-refractivity contribution < 1.29 is 14.3 Å². The number of nitrogens with zero attached hydrogens (tertiary/aromatic N) is 1. The third kappa shape index (κ3) is 5.43. The minimum Gasteiger partial charge on any atom is -0.493 e. The zero-order chi connectivity index (χ0) is 16.5. The number of nitrogens with one attached hydrogen (secondary N) is 1. The van der Waals surface area contributed by atoms with E-state index in [2.05, 4.69) is 12.2 Å². The SMILES string of the molecule is CCCCOc1cc(CCC(=O)N2CCNCC2)ccc1OC. The Labute approximate surface area is 139 Å². The molecule has 1 saturated heterocycles. The number of piperazine rings is 1. The van der Waals surface area contributed by atoms with Crippen molar-refractivity contribution in [1.82, 2.24) is 10.2 Å². The summed E-state index contributed by atoms with van der Waals surface area (Å²) in [6.07, 6.45) is 3.40. The number of methoxy groups -OCH3 is 1. The normalized spacial score (nSPS) is 14.6. The fraction of sp³-hybridized carbons (Fsp3) is 0.611. The predicted molar refractivity (Wildman–Crippen MR) is 91.2 cm³/mol. The molecule has 0 saturated carbocycles. The summed E-state index contributed by atoms with van der Waals surface area (Å²) in [6.45, 7) is 6.24. The molecule has 1 fully saturated rings. The molecule has 0 aromatic heterocycles. The van der Waals surface area contributed by atoms with Crippen LogP contribution in [-0.2, 0) is 11.2 Å². The maximum absolute atomic E-state index is 12.2. The van der Waals surface area contributed by atoms with Gasteiger partial charge >= 0.3 is 0 Å². The highest BCUT2D eigenvalue weighted by atomic mass is 16.5. The topological polar surface area (TPSA) is 50.8 Å². The van der Waals surface area contributed by atoms with E-state index in [1.807, 2.05) is 23.1 Å². The number of hydrogen-bond donors (Lipinski definition) is 1. The van der Waals surface area contributed by atoms with Gasteiger partial charge in [-0.2, -0.15) is 0 Å². The van der Waals surface area contributed by atoms with E-state index in [0.717, 1.165) is 62.5 Å². The number of ether oxygens (including phenoxy) is 2. The minimum absolute atomic E-state index is 0.232. The van der Waals surface area contributed by atoms with Gasteiger partial charge in [-0.3, -0.25) is 4.79 Å². The number of benzene rings is 1. The second kappa shape index (κ2) is 9.40. The Bertz CT molecular complexity index is 499. The number of aryl methyl sites for hydroxylation is 1. The van der Waals surface area contributed by atoms with Crippen LogP contribution >= 0.6 is 0 Å². The maximum atomic E-state index is 12.2. The van der Waals surface area contributed by atoms with Gasteiger partial charge < -0.3 is 19.7 Å². The van der Waals surface area contributed by atoms with Gasteiger partial charge in [-0.1, -0.05) is 19.4 Å². The third-order valence-electron chi connectivity index (χ3n) is 4.08. The second-order valence-electron chi connectivity index (χ2n) is 5.82. The van der Waals surface area contributed by atoms with Crippen LogP contribution in [0.4, 0.5) is 0 Å². The molecule has 1 aromatic rings. The van der Waals surface area contributed by atoms with Crippen LogP contribution in [0.2, 0.25) is 0 Å². The van der Waals surface area contributed by atoms with Gasteiger partial charge in [0, 0.05) is 32.6 Å². The molecule has 0 unspecified atom stereocenters. The average molecular weight is 320 g/mol. The minimum atomic E-state index is 0.232. The van der Waals surface area contributed by atoms with Crippen molar-refractivity contribution in [3.8, 4) is 11.5 Å². The molecule has 5 nitrogen and oxygen atoms in total. The van der Waals surface area contributed by atoms with Gasteiger partial charge in [0.2, 0.25) is 5.91 Å². The van der Waals surface area contributed by atoms with Crippen LogP contribution in [0.3, 0.4) is 0 Å². The summed E-state index contributed by atoms with van der Waals surface area (Å²) in [5.41, 5.74) is 1.11. The lowest BCUT2D eigenvalue weighted by molar-refractivity contribution is -0.131. The van der Waals surface area contributed by atoms with Crippen LogP contribution in [0.25, 0.3) is 0 Å². The monoisotopic (exact) mass is 320 g/mol. The van der Waals surface area contributed by atoms with Crippen LogP contribution in [0.1, 0.15) is 31.7 Å². The molecular formula is C18H28N2O3. The van der Waals surface area contributed by atoms with E-state index in [1.165, 1.54) is 0 Å². The second-order valence-corrected chi connectivity index (χ2v) is 5.82. The first-order valence-corrected chi connectivity index (χ1v) is 8.52. The molecule has 2 rings (SSSR count). The van der Waals surface area contributed by atoms with E-state index in [4.69, 9.17) is 9.47 Å². The first-order valence-electron chi connectivity index (χ1n) is 8.52. The standard InChI is InChI=1S/C18H28N2O3/c1-3-4-13-23-17-14-15(5-7-16(17)22-2)6-8-18(21)20-11-9-19-10-12-20/h5,7,14,19H,3-4,6,8-13H2,1-2H3. The van der Waals surface area contributed by atoms with Crippen LogP contribution in [0, 0.1) is 0 Å². The lowest BCUT2D eigenvalue weighted by atomic mass is 10.1. The zero-order valence-corrected chi connectivity index (χ0v) is 14.3. The lowest BCUT2D eigenvalue weighted by Gasteiger charge is -2.27. The molecule has 1 heterocycles. The number of unbranched alkanes of at least 4 members (excludes halogenated alkanes) is 1. The number of carbonyl (C=O) groups excluding carboxylic acids is 1. The van der Waals surface area contributed by atoms with Crippen molar-refractivity contribution in [2.24, 2.45) is 0 Å². The van der Waals surface area contributed by atoms with Crippen molar-refractivity contribution in [3.63, 3.8) is 0 Å². The highest BCUT2D eigenvalue weighted by Crippen LogP contribution is 2.28. The number of amides is 1. The van der Waals surface area contributed by atoms with Crippen LogP contribution in [-0.4, -0.2) is 50.7 Å². The quantitative estimate of drug-likeness (QED) is 0.746. The maximum Gasteiger partial charge on any atom is 0.222 e. The molecule has 0 spiro atoms. The van der Waals surface area contributed by atoms with E-state index in [1.54, 1.807) is 7.11 Å². The van der Waals surface area contributed by atoms with Crippen LogP contribution in [0.5, 0.6) is 11.5 Å². The molecule has 1 aliphatic rings. The van der Waals surface area contributed by atoms with E-state index in [0.29, 0.717) is 13.0 Å². The Morgan fingerprint density at radius 1 is 1.26 bits per heavy atom. The van der Waals surface area contributed by atoms with Crippen molar-refractivity contribution in [1.29, 1.82) is 0 Å². The summed E-state index contributed by atoms with van der Waals surface area (Å²) in [5.74, 6) is 1.75. The first kappa shape index (κ1) is 17.6. The molecular weight excluding hydrogens is 292 g/mol. The van der Waals surface area contributed by atoms with Crippen molar-refractivity contribution in [3.05, 3.63) is 23.8 Å². The van der Waals surface area contributed by atoms with Gasteiger partial charge in [-0.25, -0.2) is 0 Å². The van der Waals surface area contributed by atoms with Gasteiger partial charge in [0.1, 0.15) is 0 Å². The molecule has 0 atom stereocenters. The smallest absolute Gasteiger partial charge is 0.222 e. The van der Waals surface area contributed by atoms with E-state index >= 15 is 0 Å². The van der Waals surface area contributed by atoms with Gasteiger partial charge in [0.15, 0.2) is 11.5 Å². The molecule has 23 heavy (non-hydrogen) atoms. The Morgan fingerprint density at radius 3 is 2.74 bits per heavy atom. The zero-order valence-electron chi connectivity index (χ0n) is 14.3. The highest BCUT2D eigenvalue weighted by molar-refractivity contribution is 5.76. The Morgan fingerprint density at radius 2 is 2.04 bits per heavy atom. The summed E-state index contributed by atoms with van der Waals surface area (Å²) in [7, 11) is 1.65. The first-order chi connectivity index (χ1) is 11.2. The third-order valence-corrected chi connectivity index (χ3v) is 4.08. The molecule has 5 heteroatoms. The molecule has 1 aliphatic heterocycles. The van der Waals surface area contributed by atoms with Crippen LogP contribution < -0.4 is 14.8 Å². The lowest BCUT2D eigenvalue weighted by Crippen LogP contribution is -2.46. The Hall–Kier alpha value is -1.75. The molecule has 0 bridgehead atoms. The molecule has 1 aromatic carbocycles. The molecule has 128 valence electrons. The Balaban J connectivity index is 1.91. The van der Waals surface area contributed by atoms with Gasteiger partial charge in [0.25, 0.3) is 0 Å². The van der Waals surface area contributed by atoms with E-state index in [9.17, 15) is 4.79 Å². The summed E-state index contributed by atoms with van der Waals surface area (Å²) in [6, 6.07) is 5.93. The summed E-state index contributed by atoms with van der Waals surface area (Å²) < 4.78 is 11.1. The largest absolute Gasteiger partial charge is 0.493 e.